The van der Waals surface area contributed by atoms with E-state index in [0.29, 0.717) is 6.04 Å². The molecule has 29 heavy (non-hydrogen) atoms. The summed E-state index contributed by atoms with van der Waals surface area (Å²) in [6.07, 6.45) is 8.21. The molecular weight excluding hydrogens is 608 g/mol. The van der Waals surface area contributed by atoms with Crippen LogP contribution >= 0.6 is 0 Å². The Morgan fingerprint density at radius 1 is 0.759 bits per heavy atom. The van der Waals surface area contributed by atoms with E-state index in [-0.39, 0.29) is 21.1 Å². The summed E-state index contributed by atoms with van der Waals surface area (Å²) in [5.74, 6) is 0. The van der Waals surface area contributed by atoms with E-state index >= 15 is 0 Å². The second-order valence-electron chi connectivity index (χ2n) is 10.5. The molecule has 0 spiro atoms. The Balaban J connectivity index is -0.000000164. The van der Waals surface area contributed by atoms with Gasteiger partial charge in [0.25, 0.3) is 0 Å². The predicted octanol–water partition coefficient (Wildman–Crippen LogP) is 6.65. The van der Waals surface area contributed by atoms with Crippen molar-refractivity contribution in [2.24, 2.45) is 0 Å². The van der Waals surface area contributed by atoms with Crippen LogP contribution in [0.4, 0.5) is 0 Å². The molecule has 0 aromatic carbocycles. The molecule has 1 aliphatic carbocycles. The maximum atomic E-state index is 5.30. The van der Waals surface area contributed by atoms with Gasteiger partial charge in [0, 0.05) is 27.4 Å². The molecule has 0 unspecified atom stereocenters. The van der Waals surface area contributed by atoms with Crippen molar-refractivity contribution in [3.8, 4) is 0 Å². The average molecular weight is 656 g/mol. The van der Waals surface area contributed by atoms with Crippen molar-refractivity contribution < 1.29 is 34.3 Å². The number of hydrogen-bond donors (Lipinski definition) is 0. The minimum absolute atomic E-state index is 0. The van der Waals surface area contributed by atoms with Crippen molar-refractivity contribution in [2.45, 2.75) is 71.4 Å². The van der Waals surface area contributed by atoms with Gasteiger partial charge in [-0.1, -0.05) is 58.9 Å². The summed E-state index contributed by atoms with van der Waals surface area (Å²) >= 11 is 0. The van der Waals surface area contributed by atoms with Gasteiger partial charge in [0.05, 0.1) is 0 Å². The van der Waals surface area contributed by atoms with Crippen LogP contribution in [0.5, 0.6) is 0 Å². The fraction of sp³-hybridized carbons (Fsp3) is 0.667. The summed E-state index contributed by atoms with van der Waals surface area (Å²) < 4.78 is 15.9. The quantitative estimate of drug-likeness (QED) is 0.246. The van der Waals surface area contributed by atoms with E-state index in [1.165, 1.54) is 0 Å². The molecule has 0 aromatic rings. The van der Waals surface area contributed by atoms with Crippen molar-refractivity contribution in [1.29, 1.82) is 0 Å². The summed E-state index contributed by atoms with van der Waals surface area (Å²) in [5, 5.41) is 0. The Morgan fingerprint density at radius 3 is 1.21 bits per heavy atom. The minimum Gasteiger partial charge on any atom is -0.377 e. The number of hydrogen-bond acceptors (Lipinski definition) is 3. The van der Waals surface area contributed by atoms with E-state index in [2.05, 4.69) is 90.7 Å². The first kappa shape index (κ1) is 37.2. The van der Waals surface area contributed by atoms with Crippen LogP contribution in [0.15, 0.2) is 17.7 Å². The zero-order chi connectivity index (χ0) is 23.2. The molecule has 176 valence electrons. The molecule has 8 heteroatoms. The van der Waals surface area contributed by atoms with Crippen LogP contribution in [0.3, 0.4) is 0 Å². The van der Waals surface area contributed by atoms with Crippen LogP contribution in [0.25, 0.3) is 0 Å². The fourth-order valence-electron chi connectivity index (χ4n) is 1.27. The van der Waals surface area contributed by atoms with Crippen molar-refractivity contribution >= 4 is 33.0 Å². The first-order valence-corrected chi connectivity index (χ1v) is 22.8. The van der Waals surface area contributed by atoms with Gasteiger partial charge in [0.15, 0.2) is 0 Å². The van der Waals surface area contributed by atoms with Crippen LogP contribution in [0.2, 0.25) is 65.0 Å². The number of rotatable bonds is 5. The predicted molar refractivity (Wildman–Crippen MR) is 138 cm³/mol. The Bertz CT molecular complexity index is 390. The molecule has 0 amide bonds. The maximum absolute atomic E-state index is 5.30. The van der Waals surface area contributed by atoms with Crippen LogP contribution < -0.4 is 0 Å². The molecule has 0 aliphatic heterocycles. The van der Waals surface area contributed by atoms with E-state index in [1.54, 1.807) is 21.3 Å². The van der Waals surface area contributed by atoms with Gasteiger partial charge in [-0.15, -0.1) is 30.6 Å². The third kappa shape index (κ3) is 43.6. The van der Waals surface area contributed by atoms with Gasteiger partial charge < -0.3 is 32.9 Å². The van der Waals surface area contributed by atoms with Crippen molar-refractivity contribution in [1.82, 2.24) is 0 Å². The van der Waals surface area contributed by atoms with E-state index in [9.17, 15) is 0 Å². The Kier molecular flexibility index (Phi) is 22.4. The molecule has 0 saturated carbocycles. The SMILES string of the molecule is CO[Si](CC1=[C-]CC=C1)(OC)OC.[CH2-][Si](C)(C)C.[CH2-][Si](C)(C)C.[CH2-][Si](C)(C)C.[Pt+4]. The van der Waals surface area contributed by atoms with Gasteiger partial charge >= 0.3 is 29.9 Å². The molecule has 0 radical (unpaired) electrons. The van der Waals surface area contributed by atoms with Gasteiger partial charge in [-0.05, 0) is 0 Å². The van der Waals surface area contributed by atoms with E-state index in [0.717, 1.165) is 12.0 Å². The van der Waals surface area contributed by atoms with Crippen LogP contribution in [-0.2, 0) is 34.3 Å². The maximum Gasteiger partial charge on any atom is 4.00 e. The Hall–Kier alpha value is 0.916. The van der Waals surface area contributed by atoms with E-state index < -0.39 is 33.0 Å². The average Bonchev–Trinajstić information content (AvgIpc) is 2.92. The van der Waals surface area contributed by atoms with Gasteiger partial charge in [-0.3, -0.25) is 6.08 Å². The summed E-state index contributed by atoms with van der Waals surface area (Å²) in [7, 11) is -0.146. The molecule has 0 bridgehead atoms. The molecule has 0 aromatic heterocycles. The van der Waals surface area contributed by atoms with Crippen molar-refractivity contribution in [3.63, 3.8) is 0 Å². The zero-order valence-electron chi connectivity index (χ0n) is 21.2. The molecule has 1 aliphatic rings. The Morgan fingerprint density at radius 2 is 1.03 bits per heavy atom. The van der Waals surface area contributed by atoms with Gasteiger partial charge in [0.2, 0.25) is 0 Å². The first-order chi connectivity index (χ1) is 12.3. The Labute approximate surface area is 202 Å². The van der Waals surface area contributed by atoms with Crippen LogP contribution in [0, 0.1) is 25.7 Å². The number of allylic oxidation sites excluding steroid dienone is 4. The molecular formula is C21H48O3PtSi4. The second kappa shape index (κ2) is 17.5. The minimum atomic E-state index is -2.43. The molecule has 3 nitrogen and oxygen atoms in total. The van der Waals surface area contributed by atoms with Crippen LogP contribution in [-0.4, -0.2) is 54.4 Å². The third-order valence-corrected chi connectivity index (χ3v) is 4.79. The zero-order valence-corrected chi connectivity index (χ0v) is 27.5. The monoisotopic (exact) mass is 655 g/mol. The first-order valence-electron chi connectivity index (χ1n) is 9.74. The van der Waals surface area contributed by atoms with Gasteiger partial charge in [-0.2, -0.15) is 6.08 Å². The molecule has 0 saturated heterocycles. The van der Waals surface area contributed by atoms with E-state index in [1.807, 2.05) is 6.08 Å². The summed E-state index contributed by atoms with van der Waals surface area (Å²) in [6, 6.07) is 0.701. The summed E-state index contributed by atoms with van der Waals surface area (Å²) in [6.45, 7) is 31.7. The van der Waals surface area contributed by atoms with Gasteiger partial charge in [-0.25, -0.2) is 11.6 Å². The molecule has 0 heterocycles. The topological polar surface area (TPSA) is 27.7 Å². The molecule has 1 rings (SSSR count). The third-order valence-electron chi connectivity index (χ3n) is 2.11. The standard InChI is InChI=1S/C9H15O3Si.3C4H11Si.Pt/c1-10-13(11-2,12-3)8-9-6-4-5-7-9;3*1-5(2,3)4;/h4,6H,5,8H2,1-3H3;3*1H2,2-4H3;/q4*-1;+4. The summed E-state index contributed by atoms with van der Waals surface area (Å²) in [5.41, 5.74) is 1.12. The molecule has 0 fully saturated rings. The molecule has 0 N–H and O–H groups in total. The van der Waals surface area contributed by atoms with E-state index in [4.69, 9.17) is 13.3 Å². The van der Waals surface area contributed by atoms with Crippen LogP contribution in [0.1, 0.15) is 6.42 Å². The fourth-order valence-corrected chi connectivity index (χ4v) is 2.91. The second-order valence-corrected chi connectivity index (χ2v) is 28.8. The normalized spacial score (nSPS) is 13.6. The largest absolute Gasteiger partial charge is 4.00 e. The van der Waals surface area contributed by atoms with Crippen molar-refractivity contribution in [3.05, 3.63) is 43.4 Å². The molecule has 0 atom stereocenters. The smallest absolute Gasteiger partial charge is 0.377 e. The van der Waals surface area contributed by atoms with Gasteiger partial charge in [0.1, 0.15) is 0 Å². The summed E-state index contributed by atoms with van der Waals surface area (Å²) in [4.78, 5) is 0. The van der Waals surface area contributed by atoms with Crippen molar-refractivity contribution in [2.75, 3.05) is 21.3 Å².